The standard InChI is InChI=1S/C12H24N2O2/c1-13(2)12(16)7-9-14-8-5-3-4-6-11(14)10-15/h11,15H,3-10H2,1-2H3. The van der Waals surface area contributed by atoms with E-state index < -0.39 is 0 Å². The van der Waals surface area contributed by atoms with E-state index in [0.717, 1.165) is 19.5 Å². The van der Waals surface area contributed by atoms with Crippen LogP contribution in [0, 0.1) is 0 Å². The molecule has 0 aromatic heterocycles. The van der Waals surface area contributed by atoms with Crippen LogP contribution in [0.3, 0.4) is 0 Å². The summed E-state index contributed by atoms with van der Waals surface area (Å²) in [5.41, 5.74) is 0. The summed E-state index contributed by atoms with van der Waals surface area (Å²) in [6.45, 7) is 2.02. The summed E-state index contributed by atoms with van der Waals surface area (Å²) in [5.74, 6) is 0.168. The van der Waals surface area contributed by atoms with Crippen molar-refractivity contribution in [2.75, 3.05) is 33.8 Å². The number of nitrogens with zero attached hydrogens (tertiary/aromatic N) is 2. The van der Waals surface area contributed by atoms with Crippen molar-refractivity contribution >= 4 is 5.91 Å². The molecule has 0 spiro atoms. The molecule has 0 bridgehead atoms. The molecule has 1 unspecified atom stereocenters. The van der Waals surface area contributed by atoms with E-state index in [2.05, 4.69) is 4.90 Å². The van der Waals surface area contributed by atoms with Crippen molar-refractivity contribution in [1.82, 2.24) is 9.80 Å². The van der Waals surface area contributed by atoms with Crippen molar-refractivity contribution in [3.8, 4) is 0 Å². The molecule has 1 aliphatic heterocycles. The van der Waals surface area contributed by atoms with Crippen molar-refractivity contribution in [2.24, 2.45) is 0 Å². The fourth-order valence-corrected chi connectivity index (χ4v) is 2.20. The number of aliphatic hydroxyl groups excluding tert-OH is 1. The van der Waals surface area contributed by atoms with Gasteiger partial charge < -0.3 is 10.0 Å². The van der Waals surface area contributed by atoms with Crippen LogP contribution in [0.4, 0.5) is 0 Å². The highest BCUT2D eigenvalue weighted by atomic mass is 16.3. The molecule has 0 saturated carbocycles. The minimum Gasteiger partial charge on any atom is -0.395 e. The van der Waals surface area contributed by atoms with Gasteiger partial charge in [-0.05, 0) is 19.4 Å². The van der Waals surface area contributed by atoms with Crippen LogP contribution < -0.4 is 0 Å². The van der Waals surface area contributed by atoms with Crippen LogP contribution in [0.1, 0.15) is 32.1 Å². The number of amides is 1. The van der Waals surface area contributed by atoms with Crippen molar-refractivity contribution in [2.45, 2.75) is 38.1 Å². The third-order valence-electron chi connectivity index (χ3n) is 3.32. The van der Waals surface area contributed by atoms with Gasteiger partial charge in [-0.2, -0.15) is 0 Å². The molecule has 1 aliphatic rings. The maximum absolute atomic E-state index is 11.5. The van der Waals surface area contributed by atoms with Gasteiger partial charge in [0.2, 0.25) is 5.91 Å². The molecule has 0 aliphatic carbocycles. The molecule has 0 radical (unpaired) electrons. The Morgan fingerprint density at radius 3 is 2.75 bits per heavy atom. The maximum Gasteiger partial charge on any atom is 0.223 e. The van der Waals surface area contributed by atoms with Gasteiger partial charge in [-0.25, -0.2) is 0 Å². The van der Waals surface area contributed by atoms with E-state index in [1.807, 2.05) is 0 Å². The summed E-state index contributed by atoms with van der Waals surface area (Å²) in [7, 11) is 3.57. The molecular formula is C12H24N2O2. The summed E-state index contributed by atoms with van der Waals surface area (Å²) in [6, 6.07) is 0.262. The Kier molecular flexibility index (Phi) is 5.77. The molecule has 1 rings (SSSR count). The predicted molar refractivity (Wildman–Crippen MR) is 64.2 cm³/mol. The molecule has 4 nitrogen and oxygen atoms in total. The first kappa shape index (κ1) is 13.5. The highest BCUT2D eigenvalue weighted by molar-refractivity contribution is 5.75. The van der Waals surface area contributed by atoms with E-state index in [1.165, 1.54) is 19.3 Å². The van der Waals surface area contributed by atoms with Gasteiger partial charge in [0, 0.05) is 33.1 Å². The lowest BCUT2D eigenvalue weighted by Crippen LogP contribution is -2.39. The van der Waals surface area contributed by atoms with E-state index in [4.69, 9.17) is 0 Å². The molecule has 1 fully saturated rings. The van der Waals surface area contributed by atoms with Crippen LogP contribution in [0.2, 0.25) is 0 Å². The third-order valence-corrected chi connectivity index (χ3v) is 3.32. The average molecular weight is 228 g/mol. The minimum atomic E-state index is 0.168. The Morgan fingerprint density at radius 2 is 2.12 bits per heavy atom. The smallest absolute Gasteiger partial charge is 0.223 e. The Balaban J connectivity index is 2.39. The first-order valence-corrected chi connectivity index (χ1v) is 6.20. The van der Waals surface area contributed by atoms with Crippen LogP contribution in [0.5, 0.6) is 0 Å². The molecule has 0 aromatic carbocycles. The molecule has 16 heavy (non-hydrogen) atoms. The van der Waals surface area contributed by atoms with Gasteiger partial charge in [-0.15, -0.1) is 0 Å². The molecule has 1 amide bonds. The molecule has 1 atom stereocenters. The van der Waals surface area contributed by atoms with Crippen LogP contribution in [-0.2, 0) is 4.79 Å². The van der Waals surface area contributed by atoms with Crippen molar-refractivity contribution in [1.29, 1.82) is 0 Å². The second-order valence-electron chi connectivity index (χ2n) is 4.76. The maximum atomic E-state index is 11.5. The lowest BCUT2D eigenvalue weighted by atomic mass is 10.1. The first-order valence-electron chi connectivity index (χ1n) is 6.20. The zero-order valence-corrected chi connectivity index (χ0v) is 10.5. The van der Waals surface area contributed by atoms with Crippen molar-refractivity contribution in [3.05, 3.63) is 0 Å². The second-order valence-corrected chi connectivity index (χ2v) is 4.76. The van der Waals surface area contributed by atoms with Gasteiger partial charge >= 0.3 is 0 Å². The number of hydrogen-bond donors (Lipinski definition) is 1. The molecule has 4 heteroatoms. The second kappa shape index (κ2) is 6.86. The van der Waals surface area contributed by atoms with E-state index >= 15 is 0 Å². The van der Waals surface area contributed by atoms with Crippen LogP contribution >= 0.6 is 0 Å². The largest absolute Gasteiger partial charge is 0.395 e. The zero-order chi connectivity index (χ0) is 12.0. The van der Waals surface area contributed by atoms with E-state index in [0.29, 0.717) is 6.42 Å². The van der Waals surface area contributed by atoms with Crippen molar-refractivity contribution < 1.29 is 9.90 Å². The summed E-state index contributed by atoms with van der Waals surface area (Å²) in [4.78, 5) is 15.4. The number of carbonyl (C=O) groups is 1. The van der Waals surface area contributed by atoms with Gasteiger partial charge in [-0.1, -0.05) is 12.8 Å². The highest BCUT2D eigenvalue weighted by Gasteiger charge is 2.20. The number of hydrogen-bond acceptors (Lipinski definition) is 3. The van der Waals surface area contributed by atoms with E-state index in [-0.39, 0.29) is 18.6 Å². The van der Waals surface area contributed by atoms with E-state index in [1.54, 1.807) is 19.0 Å². The van der Waals surface area contributed by atoms with Gasteiger partial charge in [0.25, 0.3) is 0 Å². The molecule has 0 aromatic rings. The topological polar surface area (TPSA) is 43.8 Å². The van der Waals surface area contributed by atoms with Gasteiger partial charge in [-0.3, -0.25) is 9.69 Å². The highest BCUT2D eigenvalue weighted by Crippen LogP contribution is 2.16. The Bertz CT molecular complexity index is 219. The minimum absolute atomic E-state index is 0.168. The molecule has 1 heterocycles. The van der Waals surface area contributed by atoms with Gasteiger partial charge in [0.1, 0.15) is 0 Å². The Morgan fingerprint density at radius 1 is 1.38 bits per heavy atom. The van der Waals surface area contributed by atoms with Crippen LogP contribution in [-0.4, -0.2) is 60.6 Å². The summed E-state index contributed by atoms with van der Waals surface area (Å²) in [5, 5.41) is 9.32. The third kappa shape index (κ3) is 4.10. The monoisotopic (exact) mass is 228 g/mol. The Hall–Kier alpha value is -0.610. The fourth-order valence-electron chi connectivity index (χ4n) is 2.20. The van der Waals surface area contributed by atoms with Gasteiger partial charge in [0.05, 0.1) is 6.61 Å². The van der Waals surface area contributed by atoms with E-state index in [9.17, 15) is 9.90 Å². The average Bonchev–Trinajstić information content (AvgIpc) is 2.50. The normalized spacial score (nSPS) is 22.8. The lowest BCUT2D eigenvalue weighted by molar-refractivity contribution is -0.129. The van der Waals surface area contributed by atoms with Gasteiger partial charge in [0.15, 0.2) is 0 Å². The Labute approximate surface area is 98.2 Å². The number of likely N-dealkylation sites (tertiary alicyclic amines) is 1. The van der Waals surface area contributed by atoms with Crippen molar-refractivity contribution in [3.63, 3.8) is 0 Å². The van der Waals surface area contributed by atoms with Crippen LogP contribution in [0.15, 0.2) is 0 Å². The SMILES string of the molecule is CN(C)C(=O)CCN1CCCCCC1CO. The predicted octanol–water partition coefficient (Wildman–Crippen LogP) is 0.702. The number of aliphatic hydroxyl groups is 1. The summed E-state index contributed by atoms with van der Waals surface area (Å²) < 4.78 is 0. The summed E-state index contributed by atoms with van der Waals surface area (Å²) >= 11 is 0. The molecular weight excluding hydrogens is 204 g/mol. The quantitative estimate of drug-likeness (QED) is 0.770. The number of carbonyl (C=O) groups excluding carboxylic acids is 1. The fraction of sp³-hybridized carbons (Fsp3) is 0.917. The van der Waals surface area contributed by atoms with Crippen LogP contribution in [0.25, 0.3) is 0 Å². The number of rotatable bonds is 4. The zero-order valence-electron chi connectivity index (χ0n) is 10.5. The molecule has 94 valence electrons. The first-order chi connectivity index (χ1) is 7.65. The molecule has 1 saturated heterocycles. The lowest BCUT2D eigenvalue weighted by Gasteiger charge is -2.28. The molecule has 1 N–H and O–H groups in total. The summed E-state index contributed by atoms with van der Waals surface area (Å²) in [6.07, 6.45) is 5.25.